The van der Waals surface area contributed by atoms with Gasteiger partial charge in [-0.1, -0.05) is 35.6 Å². The fraction of sp³-hybridized carbons (Fsp3) is 0.150. The van der Waals surface area contributed by atoms with Gasteiger partial charge >= 0.3 is 0 Å². The molecule has 1 N–H and O–H groups in total. The highest BCUT2D eigenvalue weighted by atomic mass is 32.1. The molecule has 2 aromatic carbocycles. The van der Waals surface area contributed by atoms with Gasteiger partial charge in [0.1, 0.15) is 0 Å². The number of aryl methyl sites for hydroxylation is 2. The molecule has 0 saturated heterocycles. The summed E-state index contributed by atoms with van der Waals surface area (Å²) in [5, 5.41) is 7.87. The number of benzene rings is 2. The van der Waals surface area contributed by atoms with Gasteiger partial charge in [0.05, 0.1) is 33.4 Å². The molecule has 0 spiro atoms. The van der Waals surface area contributed by atoms with Crippen molar-refractivity contribution in [3.63, 3.8) is 0 Å². The second kappa shape index (κ2) is 6.38. The van der Waals surface area contributed by atoms with Crippen LogP contribution in [0.5, 0.6) is 0 Å². The third kappa shape index (κ3) is 2.88. The number of hydrogen-bond donors (Lipinski definition) is 1. The van der Waals surface area contributed by atoms with Crippen molar-refractivity contribution in [2.45, 2.75) is 20.8 Å². The number of carbonyl (C=O) groups is 1. The molecule has 0 saturated carbocycles. The first-order chi connectivity index (χ1) is 12.5. The number of hydrogen-bond acceptors (Lipinski definition) is 4. The van der Waals surface area contributed by atoms with Gasteiger partial charge in [-0.15, -0.1) is 0 Å². The summed E-state index contributed by atoms with van der Waals surface area (Å²) < 4.78 is 2.84. The number of amides is 1. The SMILES string of the molecule is Cc1cc(C)c2nc(NC(=O)c3cnn(-c4ccccc4)c3C)sc2c1. The molecule has 4 aromatic rings. The Hall–Kier alpha value is -2.99. The molecule has 0 bridgehead atoms. The van der Waals surface area contributed by atoms with E-state index in [2.05, 4.69) is 34.5 Å². The topological polar surface area (TPSA) is 59.8 Å². The van der Waals surface area contributed by atoms with Crippen molar-refractivity contribution in [2.24, 2.45) is 0 Å². The van der Waals surface area contributed by atoms with Gasteiger partial charge in [0.2, 0.25) is 0 Å². The van der Waals surface area contributed by atoms with E-state index in [1.54, 1.807) is 10.9 Å². The molecule has 2 heterocycles. The van der Waals surface area contributed by atoms with E-state index in [9.17, 15) is 4.79 Å². The van der Waals surface area contributed by atoms with Crippen molar-refractivity contribution in [3.8, 4) is 5.69 Å². The van der Waals surface area contributed by atoms with Gasteiger partial charge in [-0.25, -0.2) is 9.67 Å². The summed E-state index contributed by atoms with van der Waals surface area (Å²) in [7, 11) is 0. The Balaban J connectivity index is 1.63. The molecule has 26 heavy (non-hydrogen) atoms. The van der Waals surface area contributed by atoms with Crippen LogP contribution < -0.4 is 5.32 Å². The number of nitrogens with one attached hydrogen (secondary N) is 1. The second-order valence-electron chi connectivity index (χ2n) is 6.29. The Labute approximate surface area is 155 Å². The summed E-state index contributed by atoms with van der Waals surface area (Å²) >= 11 is 1.49. The Bertz CT molecular complexity index is 1110. The maximum Gasteiger partial charge on any atom is 0.260 e. The first-order valence-electron chi connectivity index (χ1n) is 8.32. The molecular weight excluding hydrogens is 344 g/mol. The minimum atomic E-state index is -0.196. The summed E-state index contributed by atoms with van der Waals surface area (Å²) in [6.07, 6.45) is 1.60. The van der Waals surface area contributed by atoms with Crippen LogP contribution in [0.3, 0.4) is 0 Å². The molecule has 6 heteroatoms. The number of anilines is 1. The van der Waals surface area contributed by atoms with Crippen LogP contribution in [0.15, 0.2) is 48.7 Å². The molecule has 0 aliphatic rings. The van der Waals surface area contributed by atoms with Crippen LogP contribution in [-0.2, 0) is 0 Å². The van der Waals surface area contributed by atoms with Gasteiger partial charge in [0.15, 0.2) is 5.13 Å². The Morgan fingerprint density at radius 2 is 1.88 bits per heavy atom. The summed E-state index contributed by atoms with van der Waals surface area (Å²) in [6.45, 7) is 5.99. The highest BCUT2D eigenvalue weighted by molar-refractivity contribution is 7.22. The Morgan fingerprint density at radius 1 is 1.12 bits per heavy atom. The lowest BCUT2D eigenvalue weighted by molar-refractivity contribution is 0.102. The molecule has 0 unspecified atom stereocenters. The maximum atomic E-state index is 12.7. The van der Waals surface area contributed by atoms with E-state index in [1.165, 1.54) is 16.9 Å². The molecule has 0 fully saturated rings. The maximum absolute atomic E-state index is 12.7. The summed E-state index contributed by atoms with van der Waals surface area (Å²) in [4.78, 5) is 17.3. The van der Waals surface area contributed by atoms with Gasteiger partial charge in [0, 0.05) is 0 Å². The second-order valence-corrected chi connectivity index (χ2v) is 7.32. The van der Waals surface area contributed by atoms with Crippen LogP contribution in [0.2, 0.25) is 0 Å². The van der Waals surface area contributed by atoms with E-state index in [0.29, 0.717) is 10.7 Å². The van der Waals surface area contributed by atoms with Crippen LogP contribution in [0.1, 0.15) is 27.2 Å². The third-order valence-electron chi connectivity index (χ3n) is 4.31. The fourth-order valence-corrected chi connectivity index (χ4v) is 4.09. The smallest absolute Gasteiger partial charge is 0.260 e. The first-order valence-corrected chi connectivity index (χ1v) is 9.14. The highest BCUT2D eigenvalue weighted by Crippen LogP contribution is 2.29. The number of para-hydroxylation sites is 1. The van der Waals surface area contributed by atoms with E-state index in [1.807, 2.05) is 44.2 Å². The van der Waals surface area contributed by atoms with E-state index in [4.69, 9.17) is 0 Å². The van der Waals surface area contributed by atoms with Crippen molar-refractivity contribution in [2.75, 3.05) is 5.32 Å². The number of rotatable bonds is 3. The number of carbonyl (C=O) groups excluding carboxylic acids is 1. The van der Waals surface area contributed by atoms with E-state index < -0.39 is 0 Å². The molecule has 130 valence electrons. The van der Waals surface area contributed by atoms with Gasteiger partial charge in [-0.05, 0) is 50.1 Å². The monoisotopic (exact) mass is 362 g/mol. The molecular formula is C20H18N4OS. The quantitative estimate of drug-likeness (QED) is 0.577. The number of aromatic nitrogens is 3. The summed E-state index contributed by atoms with van der Waals surface area (Å²) in [5.74, 6) is -0.196. The highest BCUT2D eigenvalue weighted by Gasteiger charge is 2.17. The zero-order valence-electron chi connectivity index (χ0n) is 14.8. The average molecular weight is 362 g/mol. The molecule has 4 rings (SSSR count). The van der Waals surface area contributed by atoms with Gasteiger partial charge in [0.25, 0.3) is 5.91 Å². The minimum Gasteiger partial charge on any atom is -0.298 e. The van der Waals surface area contributed by atoms with E-state index in [-0.39, 0.29) is 5.91 Å². The lowest BCUT2D eigenvalue weighted by atomic mass is 10.1. The zero-order chi connectivity index (χ0) is 18.3. The van der Waals surface area contributed by atoms with E-state index in [0.717, 1.165) is 27.2 Å². The normalized spacial score (nSPS) is 11.0. The molecule has 2 aromatic heterocycles. The Kier molecular flexibility index (Phi) is 4.05. The van der Waals surface area contributed by atoms with Gasteiger partial charge in [-0.2, -0.15) is 5.10 Å². The molecule has 0 radical (unpaired) electrons. The van der Waals surface area contributed by atoms with Gasteiger partial charge < -0.3 is 0 Å². The average Bonchev–Trinajstić information content (AvgIpc) is 3.19. The zero-order valence-corrected chi connectivity index (χ0v) is 15.6. The Morgan fingerprint density at radius 3 is 2.65 bits per heavy atom. The van der Waals surface area contributed by atoms with Crippen molar-refractivity contribution in [1.29, 1.82) is 0 Å². The largest absolute Gasteiger partial charge is 0.298 e. The number of nitrogens with zero attached hydrogens (tertiary/aromatic N) is 3. The predicted molar refractivity (Wildman–Crippen MR) is 105 cm³/mol. The van der Waals surface area contributed by atoms with Crippen LogP contribution in [-0.4, -0.2) is 20.7 Å². The number of thiazole rings is 1. The molecule has 0 atom stereocenters. The standard InChI is InChI=1S/C20H18N4OS/c1-12-9-13(2)18-17(10-12)26-20(22-18)23-19(25)16-11-21-24(14(16)3)15-7-5-4-6-8-15/h4-11H,1-3H3,(H,22,23,25). The number of fused-ring (bicyclic) bond motifs is 1. The minimum absolute atomic E-state index is 0.196. The van der Waals surface area contributed by atoms with Gasteiger partial charge in [-0.3, -0.25) is 10.1 Å². The molecule has 1 amide bonds. The van der Waals surface area contributed by atoms with Crippen LogP contribution in [0.25, 0.3) is 15.9 Å². The first kappa shape index (κ1) is 16.5. The fourth-order valence-electron chi connectivity index (χ4n) is 3.05. The molecule has 5 nitrogen and oxygen atoms in total. The van der Waals surface area contributed by atoms with Crippen molar-refractivity contribution >= 4 is 32.6 Å². The van der Waals surface area contributed by atoms with Crippen LogP contribution in [0, 0.1) is 20.8 Å². The van der Waals surface area contributed by atoms with Crippen molar-refractivity contribution in [3.05, 3.63) is 71.0 Å². The third-order valence-corrected chi connectivity index (χ3v) is 5.22. The van der Waals surface area contributed by atoms with Crippen LogP contribution in [0.4, 0.5) is 5.13 Å². The lowest BCUT2D eigenvalue weighted by Crippen LogP contribution is -2.12. The van der Waals surface area contributed by atoms with Crippen molar-refractivity contribution < 1.29 is 4.79 Å². The lowest BCUT2D eigenvalue weighted by Gasteiger charge is -2.05. The molecule has 0 aliphatic carbocycles. The summed E-state index contributed by atoms with van der Waals surface area (Å²) in [6, 6.07) is 14.0. The molecule has 0 aliphatic heterocycles. The van der Waals surface area contributed by atoms with Crippen LogP contribution >= 0.6 is 11.3 Å². The summed E-state index contributed by atoms with van der Waals surface area (Å²) in [5.41, 5.74) is 5.51. The van der Waals surface area contributed by atoms with Crippen molar-refractivity contribution in [1.82, 2.24) is 14.8 Å². The van der Waals surface area contributed by atoms with E-state index >= 15 is 0 Å². The predicted octanol–water partition coefficient (Wildman–Crippen LogP) is 4.66.